The molecule has 2 bridgehead atoms. The average molecular weight is 232 g/mol. The van der Waals surface area contributed by atoms with E-state index < -0.39 is 12.2 Å². The van der Waals surface area contributed by atoms with Crippen LogP contribution in [0.15, 0.2) is 18.2 Å². The predicted molar refractivity (Wildman–Crippen MR) is 67.3 cm³/mol. The van der Waals surface area contributed by atoms with Crippen LogP contribution in [-0.4, -0.2) is 22.4 Å². The first-order chi connectivity index (χ1) is 7.89. The summed E-state index contributed by atoms with van der Waals surface area (Å²) in [6.45, 7) is 6.60. The second-order valence-corrected chi connectivity index (χ2v) is 6.52. The first kappa shape index (κ1) is 11.2. The summed E-state index contributed by atoms with van der Waals surface area (Å²) >= 11 is 0. The summed E-state index contributed by atoms with van der Waals surface area (Å²) in [6.07, 6.45) is -0.221. The van der Waals surface area contributed by atoms with Crippen molar-refractivity contribution in [1.82, 2.24) is 0 Å². The Labute approximate surface area is 102 Å². The third-order valence-electron chi connectivity index (χ3n) is 4.43. The SMILES string of the molecule is CC(C)(C)c1ccc2c(c1)C1CC2C(O)C1O. The fourth-order valence-electron chi connectivity index (χ4n) is 3.35. The van der Waals surface area contributed by atoms with E-state index in [9.17, 15) is 10.2 Å². The Balaban J connectivity index is 2.08. The van der Waals surface area contributed by atoms with Crippen LogP contribution in [0.3, 0.4) is 0 Å². The lowest BCUT2D eigenvalue weighted by molar-refractivity contribution is 0.0216. The van der Waals surface area contributed by atoms with Gasteiger partial charge in [-0.25, -0.2) is 0 Å². The molecule has 3 rings (SSSR count). The molecule has 0 aliphatic heterocycles. The van der Waals surface area contributed by atoms with Crippen LogP contribution in [0, 0.1) is 0 Å². The molecule has 0 heterocycles. The van der Waals surface area contributed by atoms with E-state index in [1.54, 1.807) is 0 Å². The van der Waals surface area contributed by atoms with E-state index in [4.69, 9.17) is 0 Å². The molecule has 2 aliphatic rings. The molecule has 2 heteroatoms. The zero-order valence-corrected chi connectivity index (χ0v) is 10.6. The summed E-state index contributed by atoms with van der Waals surface area (Å²) in [5.41, 5.74) is 3.96. The number of benzene rings is 1. The maximum atomic E-state index is 9.98. The van der Waals surface area contributed by atoms with E-state index in [1.807, 2.05) is 0 Å². The van der Waals surface area contributed by atoms with Gasteiger partial charge in [0.1, 0.15) is 0 Å². The maximum Gasteiger partial charge on any atom is 0.0873 e. The number of hydrogen-bond donors (Lipinski definition) is 2. The smallest absolute Gasteiger partial charge is 0.0873 e. The first-order valence-corrected chi connectivity index (χ1v) is 6.40. The molecule has 0 radical (unpaired) electrons. The largest absolute Gasteiger partial charge is 0.390 e. The molecule has 4 unspecified atom stereocenters. The maximum absolute atomic E-state index is 9.98. The number of fused-ring (bicyclic) bond motifs is 5. The van der Waals surface area contributed by atoms with Crippen LogP contribution in [0.5, 0.6) is 0 Å². The zero-order chi connectivity index (χ0) is 12.4. The quantitative estimate of drug-likeness (QED) is 0.720. The average Bonchev–Trinajstić information content (AvgIpc) is 2.76. The van der Waals surface area contributed by atoms with Crippen LogP contribution in [0.4, 0.5) is 0 Å². The van der Waals surface area contributed by atoms with Gasteiger partial charge in [-0.3, -0.25) is 0 Å². The molecule has 4 atom stereocenters. The minimum Gasteiger partial charge on any atom is -0.390 e. The van der Waals surface area contributed by atoms with Gasteiger partial charge in [0.25, 0.3) is 0 Å². The third kappa shape index (κ3) is 1.47. The lowest BCUT2D eigenvalue weighted by Gasteiger charge is -2.28. The van der Waals surface area contributed by atoms with Crippen molar-refractivity contribution in [1.29, 1.82) is 0 Å². The van der Waals surface area contributed by atoms with E-state index in [1.165, 1.54) is 16.7 Å². The van der Waals surface area contributed by atoms with Crippen LogP contribution < -0.4 is 0 Å². The van der Waals surface area contributed by atoms with E-state index >= 15 is 0 Å². The second-order valence-electron chi connectivity index (χ2n) is 6.52. The summed E-state index contributed by atoms with van der Waals surface area (Å²) < 4.78 is 0. The zero-order valence-electron chi connectivity index (χ0n) is 10.6. The lowest BCUT2D eigenvalue weighted by Crippen LogP contribution is -2.31. The summed E-state index contributed by atoms with van der Waals surface area (Å²) in [5.74, 6) is 0.298. The molecular weight excluding hydrogens is 212 g/mol. The van der Waals surface area contributed by atoms with Crippen molar-refractivity contribution in [3.05, 3.63) is 34.9 Å². The Morgan fingerprint density at radius 2 is 1.59 bits per heavy atom. The van der Waals surface area contributed by atoms with Crippen LogP contribution >= 0.6 is 0 Å². The lowest BCUT2D eigenvalue weighted by atomic mass is 9.81. The van der Waals surface area contributed by atoms with Crippen molar-refractivity contribution < 1.29 is 10.2 Å². The number of hydrogen-bond acceptors (Lipinski definition) is 2. The van der Waals surface area contributed by atoms with Gasteiger partial charge in [-0.05, 0) is 28.5 Å². The molecule has 1 aromatic carbocycles. The highest BCUT2D eigenvalue weighted by Crippen LogP contribution is 2.53. The standard InChI is InChI=1S/C15H20O2/c1-15(2,3)8-4-5-9-10(6-8)12-7-11(9)13(16)14(12)17/h4-6,11-14,16-17H,7H2,1-3H3. The van der Waals surface area contributed by atoms with Gasteiger partial charge in [-0.1, -0.05) is 39.0 Å². The highest BCUT2D eigenvalue weighted by Gasteiger charge is 2.49. The summed E-state index contributed by atoms with van der Waals surface area (Å²) in [4.78, 5) is 0. The van der Waals surface area contributed by atoms with Crippen LogP contribution in [0.2, 0.25) is 0 Å². The molecule has 2 nitrogen and oxygen atoms in total. The third-order valence-corrected chi connectivity index (χ3v) is 4.43. The van der Waals surface area contributed by atoms with Crippen LogP contribution in [-0.2, 0) is 5.41 Å². The monoisotopic (exact) mass is 232 g/mol. The van der Waals surface area contributed by atoms with Gasteiger partial charge >= 0.3 is 0 Å². The van der Waals surface area contributed by atoms with E-state index in [0.29, 0.717) is 0 Å². The van der Waals surface area contributed by atoms with Gasteiger partial charge in [0.15, 0.2) is 0 Å². The molecule has 1 aromatic rings. The number of rotatable bonds is 0. The molecule has 1 saturated carbocycles. The Morgan fingerprint density at radius 3 is 2.18 bits per heavy atom. The van der Waals surface area contributed by atoms with Gasteiger partial charge < -0.3 is 10.2 Å². The Hall–Kier alpha value is -0.860. The minimum atomic E-state index is -0.567. The predicted octanol–water partition coefficient (Wildman–Crippen LogP) is 2.29. The molecule has 0 spiro atoms. The van der Waals surface area contributed by atoms with Crippen molar-refractivity contribution >= 4 is 0 Å². The van der Waals surface area contributed by atoms with Crippen molar-refractivity contribution in [2.24, 2.45) is 0 Å². The van der Waals surface area contributed by atoms with E-state index in [0.717, 1.165) is 6.42 Å². The fourth-order valence-corrected chi connectivity index (χ4v) is 3.35. The van der Waals surface area contributed by atoms with Gasteiger partial charge in [0, 0.05) is 11.8 Å². The van der Waals surface area contributed by atoms with Crippen molar-refractivity contribution in [2.45, 2.75) is 56.7 Å². The highest BCUT2D eigenvalue weighted by molar-refractivity contribution is 5.47. The number of aliphatic hydroxyl groups excluding tert-OH is 2. The topological polar surface area (TPSA) is 40.5 Å². The summed E-state index contributed by atoms with van der Waals surface area (Å²) in [7, 11) is 0. The Kier molecular flexibility index (Phi) is 2.20. The molecule has 92 valence electrons. The summed E-state index contributed by atoms with van der Waals surface area (Å²) in [5, 5.41) is 19.9. The molecule has 2 N–H and O–H groups in total. The number of aliphatic hydroxyl groups is 2. The molecule has 0 aromatic heterocycles. The van der Waals surface area contributed by atoms with E-state index in [-0.39, 0.29) is 17.3 Å². The van der Waals surface area contributed by atoms with Crippen LogP contribution in [0.25, 0.3) is 0 Å². The van der Waals surface area contributed by atoms with Crippen molar-refractivity contribution in [2.75, 3.05) is 0 Å². The van der Waals surface area contributed by atoms with Gasteiger partial charge in [-0.15, -0.1) is 0 Å². The molecule has 0 saturated heterocycles. The first-order valence-electron chi connectivity index (χ1n) is 6.40. The minimum absolute atomic E-state index is 0.139. The fraction of sp³-hybridized carbons (Fsp3) is 0.600. The molecule has 1 fully saturated rings. The molecule has 2 aliphatic carbocycles. The van der Waals surface area contributed by atoms with E-state index in [2.05, 4.69) is 39.0 Å². The van der Waals surface area contributed by atoms with Gasteiger partial charge in [0.05, 0.1) is 12.2 Å². The highest BCUT2D eigenvalue weighted by atomic mass is 16.3. The van der Waals surface area contributed by atoms with Crippen LogP contribution in [0.1, 0.15) is 55.7 Å². The Bertz CT molecular complexity index is 458. The van der Waals surface area contributed by atoms with Crippen molar-refractivity contribution in [3.8, 4) is 0 Å². The Morgan fingerprint density at radius 1 is 1.00 bits per heavy atom. The summed E-state index contributed by atoms with van der Waals surface area (Å²) in [6, 6.07) is 6.55. The molecule has 17 heavy (non-hydrogen) atoms. The molecular formula is C15H20O2. The molecule has 0 amide bonds. The van der Waals surface area contributed by atoms with Gasteiger partial charge in [-0.2, -0.15) is 0 Å². The van der Waals surface area contributed by atoms with Gasteiger partial charge in [0.2, 0.25) is 0 Å². The normalized spacial score (nSPS) is 35.1. The second kappa shape index (κ2) is 3.33. The van der Waals surface area contributed by atoms with Crippen molar-refractivity contribution in [3.63, 3.8) is 0 Å².